The molecule has 96 valence electrons. The molecule has 1 saturated carbocycles. The van der Waals surface area contributed by atoms with Crippen molar-refractivity contribution in [2.45, 2.75) is 38.3 Å². The zero-order valence-electron chi connectivity index (χ0n) is 10.8. The molecule has 1 aromatic rings. The molecule has 3 rings (SSSR count). The van der Waals surface area contributed by atoms with Crippen molar-refractivity contribution in [1.29, 1.82) is 0 Å². The van der Waals surface area contributed by atoms with E-state index in [9.17, 15) is 0 Å². The fraction of sp³-hybridized carbons (Fsp3) is 0.533. The lowest BCUT2D eigenvalue weighted by molar-refractivity contribution is 0.664. The fourth-order valence-corrected chi connectivity index (χ4v) is 3.59. The van der Waals surface area contributed by atoms with Gasteiger partial charge in [0.15, 0.2) is 5.17 Å². The lowest BCUT2D eigenvalue weighted by Crippen LogP contribution is -2.22. The molecule has 3 unspecified atom stereocenters. The van der Waals surface area contributed by atoms with E-state index >= 15 is 0 Å². The summed E-state index contributed by atoms with van der Waals surface area (Å²) in [6.07, 6.45) is 4.00. The Hall–Kier alpha value is -0.960. The van der Waals surface area contributed by atoms with Crippen molar-refractivity contribution in [1.82, 2.24) is 5.32 Å². The van der Waals surface area contributed by atoms with E-state index in [2.05, 4.69) is 42.6 Å². The normalized spacial score (nSPS) is 30.1. The van der Waals surface area contributed by atoms with Gasteiger partial charge in [-0.3, -0.25) is 4.99 Å². The summed E-state index contributed by atoms with van der Waals surface area (Å²) in [6.45, 7) is 2.27. The maximum Gasteiger partial charge on any atom is 0.157 e. The van der Waals surface area contributed by atoms with Gasteiger partial charge in [-0.25, -0.2) is 0 Å². The molecule has 0 bridgehead atoms. The van der Waals surface area contributed by atoms with Crippen molar-refractivity contribution in [2.24, 2.45) is 10.9 Å². The van der Waals surface area contributed by atoms with Crippen LogP contribution in [0.1, 0.15) is 37.8 Å². The van der Waals surface area contributed by atoms with Crippen molar-refractivity contribution < 1.29 is 0 Å². The molecule has 1 N–H and O–H groups in total. The number of thioether (sulfide) groups is 1. The molecule has 2 nitrogen and oxygen atoms in total. The largest absolute Gasteiger partial charge is 0.362 e. The summed E-state index contributed by atoms with van der Waals surface area (Å²) < 4.78 is 0. The molecule has 3 heteroatoms. The van der Waals surface area contributed by atoms with Gasteiger partial charge in [0.2, 0.25) is 0 Å². The Bertz CT molecular complexity index is 429. The topological polar surface area (TPSA) is 24.4 Å². The Morgan fingerprint density at radius 1 is 1.33 bits per heavy atom. The smallest absolute Gasteiger partial charge is 0.157 e. The number of rotatable bonds is 4. The van der Waals surface area contributed by atoms with Crippen molar-refractivity contribution in [3.8, 4) is 0 Å². The van der Waals surface area contributed by atoms with Gasteiger partial charge in [-0.15, -0.1) is 0 Å². The van der Waals surface area contributed by atoms with Crippen LogP contribution in [0.2, 0.25) is 0 Å². The average molecular weight is 260 g/mol. The summed E-state index contributed by atoms with van der Waals surface area (Å²) >= 11 is 1.87. The van der Waals surface area contributed by atoms with Gasteiger partial charge in [-0.1, -0.05) is 55.4 Å². The molecule has 1 aromatic carbocycles. The molecule has 18 heavy (non-hydrogen) atoms. The highest BCUT2D eigenvalue weighted by atomic mass is 32.2. The van der Waals surface area contributed by atoms with Crippen LogP contribution in [0.4, 0.5) is 0 Å². The minimum Gasteiger partial charge on any atom is -0.362 e. The third-order valence-electron chi connectivity index (χ3n) is 3.73. The van der Waals surface area contributed by atoms with E-state index in [0.29, 0.717) is 12.1 Å². The van der Waals surface area contributed by atoms with Crippen LogP contribution < -0.4 is 5.32 Å². The van der Waals surface area contributed by atoms with Gasteiger partial charge in [0.1, 0.15) is 0 Å². The molecule has 1 heterocycles. The number of hydrogen-bond acceptors (Lipinski definition) is 3. The minimum atomic E-state index is 0.349. The average Bonchev–Trinajstić information content (AvgIpc) is 2.95. The Morgan fingerprint density at radius 3 is 2.94 bits per heavy atom. The van der Waals surface area contributed by atoms with E-state index in [4.69, 9.17) is 4.99 Å². The van der Waals surface area contributed by atoms with E-state index in [1.165, 1.54) is 24.8 Å². The second-order valence-electron chi connectivity index (χ2n) is 5.21. The Morgan fingerprint density at radius 2 is 2.17 bits per heavy atom. The molecule has 1 fully saturated rings. The van der Waals surface area contributed by atoms with Gasteiger partial charge < -0.3 is 5.32 Å². The summed E-state index contributed by atoms with van der Waals surface area (Å²) in [6, 6.07) is 11.7. The predicted octanol–water partition coefficient (Wildman–Crippen LogP) is 3.61. The van der Waals surface area contributed by atoms with Crippen LogP contribution in [0.5, 0.6) is 0 Å². The number of benzene rings is 1. The van der Waals surface area contributed by atoms with Gasteiger partial charge in [0.05, 0.1) is 6.04 Å². The summed E-state index contributed by atoms with van der Waals surface area (Å²) in [5, 5.41) is 4.76. The highest BCUT2D eigenvalue weighted by Gasteiger charge is 2.37. The van der Waals surface area contributed by atoms with E-state index in [-0.39, 0.29) is 0 Å². The molecule has 0 radical (unpaired) electrons. The predicted molar refractivity (Wildman–Crippen MR) is 79.0 cm³/mol. The highest BCUT2D eigenvalue weighted by Crippen LogP contribution is 2.37. The highest BCUT2D eigenvalue weighted by molar-refractivity contribution is 8.14. The standard InChI is InChI=1S/C15H20N2S/c1-2-6-12-9-13(12)16-15-17-14(10-18-15)11-7-4-3-5-8-11/h3-5,7-8,12-14H,2,6,9-10H2,1H3,(H,16,17). The first kappa shape index (κ1) is 12.1. The van der Waals surface area contributed by atoms with Gasteiger partial charge in [0, 0.05) is 11.8 Å². The van der Waals surface area contributed by atoms with E-state index in [1.807, 2.05) is 11.8 Å². The third kappa shape index (κ3) is 2.72. The van der Waals surface area contributed by atoms with Crippen molar-refractivity contribution in [2.75, 3.05) is 5.75 Å². The first-order chi connectivity index (χ1) is 8.86. The van der Waals surface area contributed by atoms with Crippen LogP contribution in [0.25, 0.3) is 0 Å². The molecule has 1 aliphatic carbocycles. The molecular weight excluding hydrogens is 240 g/mol. The van der Waals surface area contributed by atoms with Crippen LogP contribution in [-0.4, -0.2) is 17.0 Å². The number of hydrogen-bond donors (Lipinski definition) is 1. The van der Waals surface area contributed by atoms with Gasteiger partial charge in [-0.2, -0.15) is 0 Å². The molecule has 3 atom stereocenters. The van der Waals surface area contributed by atoms with Crippen LogP contribution in [-0.2, 0) is 0 Å². The molecule has 0 spiro atoms. The van der Waals surface area contributed by atoms with Crippen LogP contribution in [0, 0.1) is 5.92 Å². The molecule has 0 saturated heterocycles. The van der Waals surface area contributed by atoms with Gasteiger partial charge >= 0.3 is 0 Å². The second-order valence-corrected chi connectivity index (χ2v) is 6.22. The third-order valence-corrected chi connectivity index (χ3v) is 4.71. The first-order valence-electron chi connectivity index (χ1n) is 6.89. The Kier molecular flexibility index (Phi) is 3.59. The zero-order chi connectivity index (χ0) is 12.4. The lowest BCUT2D eigenvalue weighted by Gasteiger charge is -2.04. The monoisotopic (exact) mass is 260 g/mol. The van der Waals surface area contributed by atoms with Crippen LogP contribution >= 0.6 is 11.8 Å². The van der Waals surface area contributed by atoms with Gasteiger partial charge in [0.25, 0.3) is 0 Å². The number of nitrogens with one attached hydrogen (secondary N) is 1. The summed E-state index contributed by atoms with van der Waals surface area (Å²) in [5.41, 5.74) is 1.34. The summed E-state index contributed by atoms with van der Waals surface area (Å²) in [7, 11) is 0. The Balaban J connectivity index is 1.56. The zero-order valence-corrected chi connectivity index (χ0v) is 11.6. The number of amidine groups is 1. The maximum absolute atomic E-state index is 4.80. The maximum atomic E-state index is 4.80. The fourth-order valence-electron chi connectivity index (χ4n) is 2.57. The molecule has 2 aliphatic rings. The number of nitrogens with zero attached hydrogens (tertiary/aromatic N) is 1. The van der Waals surface area contributed by atoms with E-state index < -0.39 is 0 Å². The first-order valence-corrected chi connectivity index (χ1v) is 7.87. The van der Waals surface area contributed by atoms with Crippen LogP contribution in [0.15, 0.2) is 35.3 Å². The molecule has 0 amide bonds. The second kappa shape index (κ2) is 5.35. The SMILES string of the molecule is CCCC1CC1NC1=NC(c2ccccc2)CS1. The van der Waals surface area contributed by atoms with Gasteiger partial charge in [-0.05, 0) is 24.3 Å². The molecule has 0 aromatic heterocycles. The van der Waals surface area contributed by atoms with Crippen molar-refractivity contribution in [3.05, 3.63) is 35.9 Å². The summed E-state index contributed by atoms with van der Waals surface area (Å²) in [5.74, 6) is 1.98. The van der Waals surface area contributed by atoms with E-state index in [1.54, 1.807) is 0 Å². The summed E-state index contributed by atoms with van der Waals surface area (Å²) in [4.78, 5) is 4.80. The molecule has 1 aliphatic heterocycles. The molecular formula is C15H20N2S. The van der Waals surface area contributed by atoms with Crippen molar-refractivity contribution >= 4 is 16.9 Å². The lowest BCUT2D eigenvalue weighted by atomic mass is 10.1. The minimum absolute atomic E-state index is 0.349. The van der Waals surface area contributed by atoms with Crippen molar-refractivity contribution in [3.63, 3.8) is 0 Å². The quantitative estimate of drug-likeness (QED) is 0.894. The van der Waals surface area contributed by atoms with Crippen LogP contribution in [0.3, 0.4) is 0 Å². The van der Waals surface area contributed by atoms with E-state index in [0.717, 1.165) is 16.8 Å². The number of aliphatic imine (C=N–C) groups is 1. The Labute approximate surface area is 113 Å².